The molecule has 0 unspecified atom stereocenters. The summed E-state index contributed by atoms with van der Waals surface area (Å²) in [5.74, 6) is 0. The lowest BCUT2D eigenvalue weighted by Gasteiger charge is -2.31. The van der Waals surface area contributed by atoms with Gasteiger partial charge in [0.15, 0.2) is 5.11 Å². The maximum absolute atomic E-state index is 5.95. The molecule has 0 bridgehead atoms. The van der Waals surface area contributed by atoms with E-state index in [1.807, 2.05) is 18.3 Å². The van der Waals surface area contributed by atoms with E-state index in [-0.39, 0.29) is 12.1 Å². The number of aromatic nitrogens is 2. The monoisotopic (exact) mass is 495 g/mol. The van der Waals surface area contributed by atoms with Crippen LogP contribution in [0.2, 0.25) is 0 Å². The van der Waals surface area contributed by atoms with Gasteiger partial charge in [-0.25, -0.2) is 0 Å². The highest BCUT2D eigenvalue weighted by Crippen LogP contribution is 2.42. The van der Waals surface area contributed by atoms with Gasteiger partial charge in [0, 0.05) is 48.2 Å². The van der Waals surface area contributed by atoms with Crippen LogP contribution in [0.3, 0.4) is 0 Å². The zero-order chi connectivity index (χ0) is 24.5. The smallest absolute Gasteiger partial charge is 0.174 e. The predicted octanol–water partition coefficient (Wildman–Crippen LogP) is 5.19. The molecule has 0 aliphatic carbocycles. The van der Waals surface area contributed by atoms with E-state index in [0.29, 0.717) is 5.11 Å². The summed E-state index contributed by atoms with van der Waals surface area (Å²) in [5, 5.41) is 4.28. The molecular weight excluding hydrogens is 466 g/mol. The minimum Gasteiger partial charge on any atom is -0.378 e. The summed E-state index contributed by atoms with van der Waals surface area (Å²) in [6, 6.07) is 27.4. The second kappa shape index (κ2) is 9.76. The van der Waals surface area contributed by atoms with Gasteiger partial charge in [0.05, 0.1) is 24.9 Å². The van der Waals surface area contributed by atoms with Gasteiger partial charge in [-0.3, -0.25) is 4.98 Å². The lowest BCUT2D eigenvalue weighted by molar-refractivity contribution is 0.122. The Balaban J connectivity index is 1.43. The highest BCUT2D eigenvalue weighted by atomic mass is 32.1. The fourth-order valence-corrected chi connectivity index (χ4v) is 5.61. The standard InChI is InChI=1S/C29H29N5OS/c1-21-7-2-3-9-25(21)33-16-6-10-26(33)28-27(24-8-4-5-15-30-24)31-29(36)34(28)23-13-11-22(12-14-23)32-17-19-35-20-18-32/h2-16,27-28H,17-20H2,1H3,(H,31,36)/t27-,28+/m0/s1. The Hall–Kier alpha value is -3.68. The molecule has 2 aromatic heterocycles. The highest BCUT2D eigenvalue weighted by Gasteiger charge is 2.42. The Morgan fingerprint density at radius 3 is 2.39 bits per heavy atom. The molecule has 2 saturated heterocycles. The van der Waals surface area contributed by atoms with E-state index in [9.17, 15) is 0 Å². The van der Waals surface area contributed by atoms with Crippen LogP contribution in [0.25, 0.3) is 5.69 Å². The number of hydrogen-bond donors (Lipinski definition) is 1. The largest absolute Gasteiger partial charge is 0.378 e. The average molecular weight is 496 g/mol. The first-order valence-corrected chi connectivity index (χ1v) is 12.8. The van der Waals surface area contributed by atoms with Gasteiger partial charge in [0.2, 0.25) is 0 Å². The number of pyridine rings is 1. The van der Waals surface area contributed by atoms with Crippen molar-refractivity contribution >= 4 is 28.7 Å². The molecule has 2 aliphatic heterocycles. The molecule has 182 valence electrons. The first-order valence-electron chi connectivity index (χ1n) is 12.4. The molecule has 0 radical (unpaired) electrons. The summed E-state index contributed by atoms with van der Waals surface area (Å²) < 4.78 is 7.80. The summed E-state index contributed by atoms with van der Waals surface area (Å²) in [4.78, 5) is 9.31. The van der Waals surface area contributed by atoms with E-state index >= 15 is 0 Å². The maximum Gasteiger partial charge on any atom is 0.174 e. The second-order valence-electron chi connectivity index (χ2n) is 9.20. The Bertz CT molecular complexity index is 1350. The van der Waals surface area contributed by atoms with Crippen molar-refractivity contribution < 1.29 is 4.74 Å². The highest BCUT2D eigenvalue weighted by molar-refractivity contribution is 7.80. The van der Waals surface area contributed by atoms with Crippen molar-refractivity contribution in [2.75, 3.05) is 36.1 Å². The third-order valence-corrected chi connectivity index (χ3v) is 7.38. The number of para-hydroxylation sites is 1. The molecule has 36 heavy (non-hydrogen) atoms. The minimum atomic E-state index is -0.0877. The molecule has 2 fully saturated rings. The fourth-order valence-electron chi connectivity index (χ4n) is 5.27. The number of rotatable bonds is 5. The van der Waals surface area contributed by atoms with Crippen LogP contribution in [0, 0.1) is 6.92 Å². The first-order chi connectivity index (χ1) is 17.7. The Morgan fingerprint density at radius 1 is 0.889 bits per heavy atom. The van der Waals surface area contributed by atoms with Crippen molar-refractivity contribution in [2.24, 2.45) is 0 Å². The van der Waals surface area contributed by atoms with Crippen LogP contribution < -0.4 is 15.1 Å². The number of benzene rings is 2. The topological polar surface area (TPSA) is 45.6 Å². The molecule has 0 saturated carbocycles. The van der Waals surface area contributed by atoms with Crippen LogP contribution >= 0.6 is 12.2 Å². The van der Waals surface area contributed by atoms with Crippen molar-refractivity contribution in [2.45, 2.75) is 19.0 Å². The lowest BCUT2D eigenvalue weighted by atomic mass is 10.0. The van der Waals surface area contributed by atoms with E-state index in [2.05, 4.69) is 99.5 Å². The molecule has 6 rings (SSSR count). The summed E-state index contributed by atoms with van der Waals surface area (Å²) in [5.41, 5.74) is 6.78. The molecule has 7 heteroatoms. The zero-order valence-electron chi connectivity index (χ0n) is 20.2. The quantitative estimate of drug-likeness (QED) is 0.384. The number of ether oxygens (including phenoxy) is 1. The Morgan fingerprint density at radius 2 is 1.64 bits per heavy atom. The Labute approximate surface area is 217 Å². The van der Waals surface area contributed by atoms with Crippen LogP contribution in [0.1, 0.15) is 29.0 Å². The van der Waals surface area contributed by atoms with Gasteiger partial charge < -0.3 is 24.4 Å². The number of hydrogen-bond acceptors (Lipinski definition) is 4. The maximum atomic E-state index is 5.95. The van der Waals surface area contributed by atoms with Gasteiger partial charge >= 0.3 is 0 Å². The van der Waals surface area contributed by atoms with Crippen LogP contribution in [-0.4, -0.2) is 41.0 Å². The second-order valence-corrected chi connectivity index (χ2v) is 9.59. The third-order valence-electron chi connectivity index (χ3n) is 7.06. The van der Waals surface area contributed by atoms with Crippen molar-refractivity contribution in [3.63, 3.8) is 0 Å². The van der Waals surface area contributed by atoms with E-state index in [0.717, 1.165) is 49.1 Å². The number of nitrogens with one attached hydrogen (secondary N) is 1. The number of anilines is 2. The Kier molecular flexibility index (Phi) is 6.17. The number of morpholine rings is 1. The molecule has 2 atom stereocenters. The fraction of sp³-hybridized carbons (Fsp3) is 0.241. The molecule has 4 heterocycles. The lowest BCUT2D eigenvalue weighted by Crippen LogP contribution is -2.36. The number of thiocarbonyl (C=S) groups is 1. The van der Waals surface area contributed by atoms with Crippen LogP contribution in [0.4, 0.5) is 11.4 Å². The summed E-state index contributed by atoms with van der Waals surface area (Å²) >= 11 is 5.95. The molecule has 2 aliphatic rings. The van der Waals surface area contributed by atoms with Crippen LogP contribution in [0.15, 0.2) is 91.3 Å². The number of nitrogens with zero attached hydrogens (tertiary/aromatic N) is 4. The van der Waals surface area contributed by atoms with Crippen molar-refractivity contribution in [3.8, 4) is 5.69 Å². The van der Waals surface area contributed by atoms with E-state index in [1.165, 1.54) is 11.3 Å². The molecular formula is C29H29N5OS. The third kappa shape index (κ3) is 4.14. The van der Waals surface area contributed by atoms with Crippen molar-refractivity contribution in [3.05, 3.63) is 108 Å². The molecule has 2 aromatic carbocycles. The van der Waals surface area contributed by atoms with Gasteiger partial charge in [-0.05, 0) is 79.3 Å². The van der Waals surface area contributed by atoms with Gasteiger partial charge in [-0.15, -0.1) is 0 Å². The average Bonchev–Trinajstić information content (AvgIpc) is 3.54. The number of aryl methyl sites for hydroxylation is 1. The molecule has 4 aromatic rings. The van der Waals surface area contributed by atoms with Gasteiger partial charge in [0.1, 0.15) is 6.04 Å². The van der Waals surface area contributed by atoms with Crippen LogP contribution in [0.5, 0.6) is 0 Å². The molecule has 1 N–H and O–H groups in total. The normalized spacial score (nSPS) is 20.0. The van der Waals surface area contributed by atoms with E-state index in [4.69, 9.17) is 21.9 Å². The predicted molar refractivity (Wildman–Crippen MR) is 148 cm³/mol. The van der Waals surface area contributed by atoms with Crippen molar-refractivity contribution in [1.82, 2.24) is 14.9 Å². The van der Waals surface area contributed by atoms with Gasteiger partial charge in [-0.2, -0.15) is 0 Å². The van der Waals surface area contributed by atoms with Gasteiger partial charge in [0.25, 0.3) is 0 Å². The molecule has 6 nitrogen and oxygen atoms in total. The summed E-state index contributed by atoms with van der Waals surface area (Å²) in [6.07, 6.45) is 3.98. The van der Waals surface area contributed by atoms with E-state index in [1.54, 1.807) is 0 Å². The first kappa shape index (κ1) is 22.8. The summed E-state index contributed by atoms with van der Waals surface area (Å²) in [7, 11) is 0. The zero-order valence-corrected chi connectivity index (χ0v) is 21.1. The van der Waals surface area contributed by atoms with Gasteiger partial charge in [-0.1, -0.05) is 24.3 Å². The minimum absolute atomic E-state index is 0.0729. The molecule has 0 amide bonds. The van der Waals surface area contributed by atoms with Crippen LogP contribution in [-0.2, 0) is 4.74 Å². The van der Waals surface area contributed by atoms with Crippen molar-refractivity contribution in [1.29, 1.82) is 0 Å². The SMILES string of the molecule is Cc1ccccc1-n1cccc1[C@@H]1[C@H](c2ccccn2)NC(=S)N1c1ccc(N2CCOCC2)cc1. The summed E-state index contributed by atoms with van der Waals surface area (Å²) in [6.45, 7) is 5.51. The van der Waals surface area contributed by atoms with E-state index < -0.39 is 0 Å². The molecule has 0 spiro atoms.